The fourth-order valence-corrected chi connectivity index (χ4v) is 2.84. The Morgan fingerprint density at radius 1 is 1.46 bits per heavy atom. The first-order valence-corrected chi connectivity index (χ1v) is 8.89. The highest BCUT2D eigenvalue weighted by Crippen LogP contribution is 2.24. The molecule has 1 aromatic carbocycles. The van der Waals surface area contributed by atoms with Gasteiger partial charge in [-0.05, 0) is 49.7 Å². The molecule has 0 bridgehead atoms. The number of aliphatic hydroxyl groups excluding tert-OH is 1. The van der Waals surface area contributed by atoms with E-state index in [0.29, 0.717) is 19.1 Å². The van der Waals surface area contributed by atoms with E-state index in [1.165, 1.54) is 0 Å². The molecule has 1 aromatic rings. The van der Waals surface area contributed by atoms with E-state index in [-0.39, 0.29) is 18.6 Å². The van der Waals surface area contributed by atoms with Gasteiger partial charge >= 0.3 is 6.03 Å². The SMILES string of the molecule is Cc1ccc(NC(=O)N2CCCC(CO)C2)cc1OCCC(C)C. The Morgan fingerprint density at radius 2 is 2.25 bits per heavy atom. The molecule has 0 aromatic heterocycles. The number of aryl methyl sites for hydroxylation is 1. The number of nitrogens with zero attached hydrogens (tertiary/aromatic N) is 1. The number of ether oxygens (including phenoxy) is 1. The Labute approximate surface area is 145 Å². The van der Waals surface area contributed by atoms with Crippen molar-refractivity contribution in [1.82, 2.24) is 4.90 Å². The van der Waals surface area contributed by atoms with Gasteiger partial charge in [-0.3, -0.25) is 0 Å². The zero-order valence-electron chi connectivity index (χ0n) is 15.0. The molecule has 1 aliphatic rings. The average Bonchev–Trinajstić information content (AvgIpc) is 2.57. The number of aliphatic hydroxyl groups is 1. The quantitative estimate of drug-likeness (QED) is 0.834. The van der Waals surface area contributed by atoms with Crippen molar-refractivity contribution in [3.8, 4) is 5.75 Å². The van der Waals surface area contributed by atoms with Crippen LogP contribution in [0.5, 0.6) is 5.75 Å². The van der Waals surface area contributed by atoms with E-state index in [4.69, 9.17) is 4.74 Å². The highest BCUT2D eigenvalue weighted by molar-refractivity contribution is 5.89. The highest BCUT2D eigenvalue weighted by atomic mass is 16.5. The lowest BCUT2D eigenvalue weighted by atomic mass is 9.99. The van der Waals surface area contributed by atoms with E-state index in [0.717, 1.165) is 42.8 Å². The molecule has 24 heavy (non-hydrogen) atoms. The Kier molecular flexibility index (Phi) is 6.91. The lowest BCUT2D eigenvalue weighted by Gasteiger charge is -2.31. The maximum absolute atomic E-state index is 12.4. The number of hydrogen-bond donors (Lipinski definition) is 2. The largest absolute Gasteiger partial charge is 0.493 e. The van der Waals surface area contributed by atoms with Crippen LogP contribution in [-0.4, -0.2) is 42.3 Å². The molecule has 2 amide bonds. The Bertz CT molecular complexity index is 545. The summed E-state index contributed by atoms with van der Waals surface area (Å²) in [5.74, 6) is 1.62. The third-order valence-electron chi connectivity index (χ3n) is 4.46. The van der Waals surface area contributed by atoms with E-state index in [9.17, 15) is 9.90 Å². The van der Waals surface area contributed by atoms with Crippen molar-refractivity contribution in [3.63, 3.8) is 0 Å². The monoisotopic (exact) mass is 334 g/mol. The molecule has 0 saturated carbocycles. The average molecular weight is 334 g/mol. The third kappa shape index (κ3) is 5.41. The molecule has 1 heterocycles. The topological polar surface area (TPSA) is 61.8 Å². The van der Waals surface area contributed by atoms with Gasteiger partial charge in [-0.25, -0.2) is 4.79 Å². The lowest BCUT2D eigenvalue weighted by molar-refractivity contribution is 0.136. The van der Waals surface area contributed by atoms with Crippen molar-refractivity contribution in [3.05, 3.63) is 23.8 Å². The van der Waals surface area contributed by atoms with Crippen molar-refractivity contribution in [2.75, 3.05) is 31.6 Å². The number of benzene rings is 1. The standard InChI is InChI=1S/C19H30N2O3/c1-14(2)8-10-24-18-11-17(7-6-15(18)3)20-19(23)21-9-4-5-16(12-21)13-22/h6-7,11,14,16,22H,4-5,8-10,12-13H2,1-3H3,(H,20,23). The van der Waals surface area contributed by atoms with Gasteiger partial charge in [0, 0.05) is 31.5 Å². The second-order valence-electron chi connectivity index (χ2n) is 7.08. The van der Waals surface area contributed by atoms with Crippen LogP contribution in [0, 0.1) is 18.8 Å². The van der Waals surface area contributed by atoms with E-state index in [1.54, 1.807) is 4.90 Å². The molecular formula is C19H30N2O3. The van der Waals surface area contributed by atoms with Crippen LogP contribution < -0.4 is 10.1 Å². The molecule has 1 atom stereocenters. The van der Waals surface area contributed by atoms with Gasteiger partial charge in [-0.1, -0.05) is 19.9 Å². The summed E-state index contributed by atoms with van der Waals surface area (Å²) in [7, 11) is 0. The molecule has 134 valence electrons. The number of amides is 2. The minimum atomic E-state index is -0.106. The van der Waals surface area contributed by atoms with Gasteiger partial charge in [0.25, 0.3) is 0 Å². The first-order valence-electron chi connectivity index (χ1n) is 8.89. The van der Waals surface area contributed by atoms with Gasteiger partial charge in [-0.2, -0.15) is 0 Å². The molecule has 2 rings (SSSR count). The molecular weight excluding hydrogens is 304 g/mol. The second kappa shape index (κ2) is 8.92. The summed E-state index contributed by atoms with van der Waals surface area (Å²) >= 11 is 0. The molecule has 1 fully saturated rings. The highest BCUT2D eigenvalue weighted by Gasteiger charge is 2.23. The number of anilines is 1. The number of carbonyl (C=O) groups is 1. The van der Waals surface area contributed by atoms with Crippen LogP contribution in [0.1, 0.15) is 38.7 Å². The van der Waals surface area contributed by atoms with Crippen molar-refractivity contribution in [2.24, 2.45) is 11.8 Å². The Hall–Kier alpha value is -1.75. The van der Waals surface area contributed by atoms with Crippen LogP contribution in [0.2, 0.25) is 0 Å². The number of carbonyl (C=O) groups excluding carboxylic acids is 1. The van der Waals surface area contributed by atoms with Crippen molar-refractivity contribution < 1.29 is 14.6 Å². The molecule has 5 nitrogen and oxygen atoms in total. The van der Waals surface area contributed by atoms with Gasteiger partial charge < -0.3 is 20.1 Å². The molecule has 1 saturated heterocycles. The van der Waals surface area contributed by atoms with Gasteiger partial charge in [-0.15, -0.1) is 0 Å². The lowest BCUT2D eigenvalue weighted by Crippen LogP contribution is -2.43. The summed E-state index contributed by atoms with van der Waals surface area (Å²) in [6.45, 7) is 8.53. The van der Waals surface area contributed by atoms with E-state index >= 15 is 0 Å². The summed E-state index contributed by atoms with van der Waals surface area (Å²) in [4.78, 5) is 14.2. The van der Waals surface area contributed by atoms with Crippen LogP contribution in [0.4, 0.5) is 10.5 Å². The Balaban J connectivity index is 1.95. The van der Waals surface area contributed by atoms with Gasteiger partial charge in [0.2, 0.25) is 0 Å². The van der Waals surface area contributed by atoms with Gasteiger partial charge in [0.1, 0.15) is 5.75 Å². The minimum Gasteiger partial charge on any atom is -0.493 e. The number of rotatable bonds is 6. The fraction of sp³-hybridized carbons (Fsp3) is 0.632. The van der Waals surface area contributed by atoms with Crippen LogP contribution in [0.25, 0.3) is 0 Å². The molecule has 0 radical (unpaired) electrons. The smallest absolute Gasteiger partial charge is 0.321 e. The maximum Gasteiger partial charge on any atom is 0.321 e. The number of likely N-dealkylation sites (tertiary alicyclic amines) is 1. The summed E-state index contributed by atoms with van der Waals surface area (Å²) in [6, 6.07) is 5.65. The number of hydrogen-bond acceptors (Lipinski definition) is 3. The van der Waals surface area contributed by atoms with Crippen LogP contribution in [0.15, 0.2) is 18.2 Å². The summed E-state index contributed by atoms with van der Waals surface area (Å²) in [5.41, 5.74) is 1.81. The predicted octanol–water partition coefficient (Wildman–Crippen LogP) is 3.66. The van der Waals surface area contributed by atoms with Gasteiger partial charge in [0.05, 0.1) is 6.61 Å². The van der Waals surface area contributed by atoms with Crippen molar-refractivity contribution >= 4 is 11.7 Å². The zero-order valence-corrected chi connectivity index (χ0v) is 15.0. The normalized spacial score (nSPS) is 17.9. The second-order valence-corrected chi connectivity index (χ2v) is 7.08. The molecule has 2 N–H and O–H groups in total. The van der Waals surface area contributed by atoms with E-state index in [2.05, 4.69) is 19.2 Å². The molecule has 0 aliphatic carbocycles. The van der Waals surface area contributed by atoms with E-state index < -0.39 is 0 Å². The van der Waals surface area contributed by atoms with Crippen molar-refractivity contribution in [1.29, 1.82) is 0 Å². The third-order valence-corrected chi connectivity index (χ3v) is 4.46. The molecule has 1 aliphatic heterocycles. The summed E-state index contributed by atoms with van der Waals surface area (Å²) in [6.07, 6.45) is 2.93. The zero-order chi connectivity index (χ0) is 17.5. The summed E-state index contributed by atoms with van der Waals surface area (Å²) < 4.78 is 5.85. The molecule has 5 heteroatoms. The number of piperidine rings is 1. The maximum atomic E-state index is 12.4. The van der Waals surface area contributed by atoms with Crippen molar-refractivity contribution in [2.45, 2.75) is 40.0 Å². The fourth-order valence-electron chi connectivity index (χ4n) is 2.84. The first kappa shape index (κ1) is 18.6. The molecule has 0 spiro atoms. The predicted molar refractivity (Wildman–Crippen MR) is 96.5 cm³/mol. The van der Waals surface area contributed by atoms with Crippen LogP contribution in [-0.2, 0) is 0 Å². The first-order chi connectivity index (χ1) is 11.5. The summed E-state index contributed by atoms with van der Waals surface area (Å²) in [5, 5.41) is 12.2. The van der Waals surface area contributed by atoms with Crippen LogP contribution in [0.3, 0.4) is 0 Å². The number of urea groups is 1. The van der Waals surface area contributed by atoms with Gasteiger partial charge in [0.15, 0.2) is 0 Å². The minimum absolute atomic E-state index is 0.106. The Morgan fingerprint density at radius 3 is 2.96 bits per heavy atom. The van der Waals surface area contributed by atoms with Crippen LogP contribution >= 0.6 is 0 Å². The van der Waals surface area contributed by atoms with E-state index in [1.807, 2.05) is 25.1 Å². The number of nitrogens with one attached hydrogen (secondary N) is 1. The molecule has 1 unspecified atom stereocenters.